The molecule has 2 aromatic rings. The molecule has 46 heavy (non-hydrogen) atoms. The van der Waals surface area contributed by atoms with E-state index in [0.717, 1.165) is 0 Å². The summed E-state index contributed by atoms with van der Waals surface area (Å²) < 4.78 is 19.2. The Balaban J connectivity index is 1.83. The molecule has 1 aliphatic rings. The summed E-state index contributed by atoms with van der Waals surface area (Å²) in [4.78, 5) is 64.8. The Kier molecular flexibility index (Phi) is 14.0. The van der Waals surface area contributed by atoms with E-state index < -0.39 is 53.8 Å². The van der Waals surface area contributed by atoms with Gasteiger partial charge >= 0.3 is 12.0 Å². The third-order valence-electron chi connectivity index (χ3n) is 7.42. The minimum absolute atomic E-state index is 0.0312. The van der Waals surface area contributed by atoms with Crippen LogP contribution >= 0.6 is 11.6 Å². The van der Waals surface area contributed by atoms with Crippen LogP contribution in [0.2, 0.25) is 5.02 Å². The smallest absolute Gasteiger partial charge is 0.328 e. The minimum atomic E-state index is -1.16. The zero-order valence-electron chi connectivity index (χ0n) is 26.1. The molecule has 5 amide bonds. The van der Waals surface area contributed by atoms with Crippen molar-refractivity contribution in [2.24, 2.45) is 5.92 Å². The molecule has 5 N–H and O–H groups in total. The Labute approximate surface area is 273 Å². The number of ether oxygens (including phenoxy) is 1. The van der Waals surface area contributed by atoms with Crippen LogP contribution in [0.3, 0.4) is 0 Å². The van der Waals surface area contributed by atoms with Crippen molar-refractivity contribution in [3.63, 3.8) is 0 Å². The van der Waals surface area contributed by atoms with Gasteiger partial charge in [-0.3, -0.25) is 14.4 Å². The first kappa shape index (κ1) is 36.0. The molecule has 248 valence electrons. The average Bonchev–Trinajstić information content (AvgIpc) is 3.01. The molecule has 0 radical (unpaired) electrons. The molecule has 0 spiro atoms. The standard InChI is InChI=1S/C33H41ClFN5O6/c1-20(2)29(32(44)46-3)40-33(45)39-27(18-21-9-8-11-23(34)17-21)31(43)38-26-13-6-7-16-36-28(41)15-14-24(37-30(26)42)19-22-10-4-5-12-25(22)35/h4-5,8-12,14-15,17,20,24,26-27,29H,6-7,13,16,18-19H2,1-3H3,(H,36,41)(H,37,42)(H,38,43)(H2,39,40,45)/b15-14+/t24-,26+,27?,29?/m1/s1. The average molecular weight is 658 g/mol. The first-order valence-electron chi connectivity index (χ1n) is 15.2. The highest BCUT2D eigenvalue weighted by atomic mass is 35.5. The highest BCUT2D eigenvalue weighted by Crippen LogP contribution is 2.14. The fourth-order valence-electron chi connectivity index (χ4n) is 4.91. The fourth-order valence-corrected chi connectivity index (χ4v) is 5.13. The summed E-state index contributed by atoms with van der Waals surface area (Å²) in [5.74, 6) is -2.90. The number of carbonyl (C=O) groups excluding carboxylic acids is 5. The summed E-state index contributed by atoms with van der Waals surface area (Å²) in [5, 5.41) is 14.0. The molecule has 0 bridgehead atoms. The van der Waals surface area contributed by atoms with E-state index in [1.165, 1.54) is 25.3 Å². The summed E-state index contributed by atoms with van der Waals surface area (Å²) in [6, 6.07) is 8.24. The van der Waals surface area contributed by atoms with Gasteiger partial charge in [-0.1, -0.05) is 61.9 Å². The summed E-state index contributed by atoms with van der Waals surface area (Å²) in [5.41, 5.74) is 0.990. The normalized spacial score (nSPS) is 19.3. The number of esters is 1. The lowest BCUT2D eigenvalue weighted by Crippen LogP contribution is -2.58. The predicted octanol–water partition coefficient (Wildman–Crippen LogP) is 2.96. The second kappa shape index (κ2) is 17.9. The zero-order valence-corrected chi connectivity index (χ0v) is 26.9. The van der Waals surface area contributed by atoms with Gasteiger partial charge in [-0.2, -0.15) is 0 Å². The molecule has 0 saturated heterocycles. The lowest BCUT2D eigenvalue weighted by Gasteiger charge is -2.26. The monoisotopic (exact) mass is 657 g/mol. The van der Waals surface area contributed by atoms with Gasteiger partial charge in [0.15, 0.2) is 0 Å². The Hall–Kier alpha value is -4.45. The highest BCUT2D eigenvalue weighted by Gasteiger charge is 2.30. The number of amides is 5. The second-order valence-electron chi connectivity index (χ2n) is 11.4. The van der Waals surface area contributed by atoms with E-state index in [1.54, 1.807) is 56.3 Å². The van der Waals surface area contributed by atoms with E-state index in [-0.39, 0.29) is 31.1 Å². The number of hydrogen-bond acceptors (Lipinski definition) is 6. The van der Waals surface area contributed by atoms with Crippen LogP contribution in [0.25, 0.3) is 0 Å². The molecule has 3 rings (SSSR count). The molecule has 1 aliphatic heterocycles. The van der Waals surface area contributed by atoms with E-state index in [9.17, 15) is 28.4 Å². The van der Waals surface area contributed by atoms with Gasteiger partial charge < -0.3 is 31.3 Å². The van der Waals surface area contributed by atoms with Crippen LogP contribution in [0.1, 0.15) is 44.2 Å². The molecular formula is C33H41ClFN5O6. The van der Waals surface area contributed by atoms with Crippen molar-refractivity contribution < 1.29 is 33.1 Å². The maximum absolute atomic E-state index is 14.5. The van der Waals surface area contributed by atoms with Gasteiger partial charge in [-0.15, -0.1) is 0 Å². The van der Waals surface area contributed by atoms with Crippen molar-refractivity contribution in [1.82, 2.24) is 26.6 Å². The number of halogens is 2. The van der Waals surface area contributed by atoms with Gasteiger partial charge in [0.25, 0.3) is 0 Å². The van der Waals surface area contributed by atoms with Crippen molar-refractivity contribution >= 4 is 41.3 Å². The Bertz CT molecular complexity index is 1420. The maximum atomic E-state index is 14.5. The Morgan fingerprint density at radius 2 is 1.83 bits per heavy atom. The first-order chi connectivity index (χ1) is 22.0. The number of benzene rings is 2. The van der Waals surface area contributed by atoms with Crippen LogP contribution in [0.4, 0.5) is 9.18 Å². The van der Waals surface area contributed by atoms with E-state index in [2.05, 4.69) is 26.6 Å². The molecule has 0 aliphatic carbocycles. The highest BCUT2D eigenvalue weighted by molar-refractivity contribution is 6.30. The molecular weight excluding hydrogens is 617 g/mol. The summed E-state index contributed by atoms with van der Waals surface area (Å²) in [7, 11) is 1.21. The van der Waals surface area contributed by atoms with Gasteiger partial charge in [0, 0.05) is 24.1 Å². The summed E-state index contributed by atoms with van der Waals surface area (Å²) in [6.07, 6.45) is 4.15. The second-order valence-corrected chi connectivity index (χ2v) is 11.8. The van der Waals surface area contributed by atoms with E-state index in [1.807, 2.05) is 0 Å². The summed E-state index contributed by atoms with van der Waals surface area (Å²) >= 11 is 6.16. The van der Waals surface area contributed by atoms with E-state index in [4.69, 9.17) is 16.3 Å². The lowest BCUT2D eigenvalue weighted by atomic mass is 10.0. The van der Waals surface area contributed by atoms with Crippen LogP contribution in [0.5, 0.6) is 0 Å². The molecule has 2 unspecified atom stereocenters. The number of rotatable bonds is 10. The molecule has 4 atom stereocenters. The van der Waals surface area contributed by atoms with Crippen LogP contribution in [0.15, 0.2) is 60.7 Å². The Morgan fingerprint density at radius 1 is 1.07 bits per heavy atom. The quantitative estimate of drug-likeness (QED) is 0.248. The number of urea groups is 1. The van der Waals surface area contributed by atoms with Crippen LogP contribution in [0, 0.1) is 11.7 Å². The topological polar surface area (TPSA) is 155 Å². The van der Waals surface area contributed by atoms with Gasteiger partial charge in [0.05, 0.1) is 13.2 Å². The molecule has 13 heteroatoms. The van der Waals surface area contributed by atoms with Crippen LogP contribution in [-0.2, 0) is 36.8 Å². The fraction of sp³-hybridized carbons (Fsp3) is 0.424. The van der Waals surface area contributed by atoms with Crippen molar-refractivity contribution in [3.8, 4) is 0 Å². The molecule has 2 aromatic carbocycles. The number of methoxy groups -OCH3 is 1. The van der Waals surface area contributed by atoms with Gasteiger partial charge in [-0.05, 0) is 60.9 Å². The molecule has 0 saturated carbocycles. The van der Waals surface area contributed by atoms with Crippen molar-refractivity contribution in [2.45, 2.75) is 70.1 Å². The molecule has 1 heterocycles. The predicted molar refractivity (Wildman–Crippen MR) is 171 cm³/mol. The van der Waals surface area contributed by atoms with E-state index in [0.29, 0.717) is 35.5 Å². The van der Waals surface area contributed by atoms with Gasteiger partial charge in [0.1, 0.15) is 23.9 Å². The number of nitrogens with one attached hydrogen (secondary N) is 5. The third-order valence-corrected chi connectivity index (χ3v) is 7.65. The summed E-state index contributed by atoms with van der Waals surface area (Å²) in [6.45, 7) is 3.83. The lowest BCUT2D eigenvalue weighted by molar-refractivity contribution is -0.144. The van der Waals surface area contributed by atoms with Gasteiger partial charge in [0.2, 0.25) is 17.7 Å². The third kappa shape index (κ3) is 11.5. The minimum Gasteiger partial charge on any atom is -0.467 e. The molecule has 0 fully saturated rings. The Morgan fingerprint density at radius 3 is 2.52 bits per heavy atom. The molecule has 0 aromatic heterocycles. The number of carbonyl (C=O) groups is 5. The SMILES string of the molecule is COC(=O)C(NC(=O)NC(Cc1cccc(Cl)c1)C(=O)N[C@H]1CCCCNC(=O)/C=C/[C@H](Cc2ccccc2F)NC1=O)C(C)C. The van der Waals surface area contributed by atoms with Crippen molar-refractivity contribution in [2.75, 3.05) is 13.7 Å². The van der Waals surface area contributed by atoms with E-state index >= 15 is 0 Å². The largest absolute Gasteiger partial charge is 0.467 e. The first-order valence-corrected chi connectivity index (χ1v) is 15.5. The number of hydrogen-bond donors (Lipinski definition) is 5. The van der Waals surface area contributed by atoms with Crippen molar-refractivity contribution in [3.05, 3.63) is 82.6 Å². The van der Waals surface area contributed by atoms with Crippen LogP contribution < -0.4 is 26.6 Å². The van der Waals surface area contributed by atoms with Gasteiger partial charge in [-0.25, -0.2) is 14.0 Å². The maximum Gasteiger partial charge on any atom is 0.328 e. The van der Waals surface area contributed by atoms with Crippen molar-refractivity contribution in [1.29, 1.82) is 0 Å². The zero-order chi connectivity index (χ0) is 33.6. The van der Waals surface area contributed by atoms with Crippen LogP contribution in [-0.4, -0.2) is 67.5 Å². The molecule has 11 nitrogen and oxygen atoms in total.